The summed E-state index contributed by atoms with van der Waals surface area (Å²) in [6.45, 7) is 1.75. The molecule has 1 N–H and O–H groups in total. The van der Waals surface area contributed by atoms with Crippen molar-refractivity contribution in [2.45, 2.75) is 6.92 Å². The number of hydrogen-bond acceptors (Lipinski definition) is 2. The maximum atomic E-state index is 12.1. The fourth-order valence-electron chi connectivity index (χ4n) is 1.74. The van der Waals surface area contributed by atoms with Gasteiger partial charge in [0.2, 0.25) is 0 Å². The van der Waals surface area contributed by atoms with Crippen LogP contribution in [0.4, 0.5) is 0 Å². The highest BCUT2D eigenvalue weighted by atomic mass is 16.3. The number of benzene rings is 2. The van der Waals surface area contributed by atoms with Crippen molar-refractivity contribution in [3.63, 3.8) is 0 Å². The molecule has 0 aliphatic heterocycles. The van der Waals surface area contributed by atoms with E-state index >= 15 is 0 Å². The lowest BCUT2D eigenvalue weighted by atomic mass is 10.0. The van der Waals surface area contributed by atoms with E-state index in [9.17, 15) is 9.90 Å². The lowest BCUT2D eigenvalue weighted by Crippen LogP contribution is -2.00. The smallest absolute Gasteiger partial charge is 0.192 e. The van der Waals surface area contributed by atoms with Gasteiger partial charge in [0.25, 0.3) is 0 Å². The van der Waals surface area contributed by atoms with Gasteiger partial charge in [-0.1, -0.05) is 42.5 Å². The third kappa shape index (κ3) is 2.66. The van der Waals surface area contributed by atoms with Crippen LogP contribution >= 0.6 is 0 Å². The second kappa shape index (κ2) is 5.32. The molecule has 0 aliphatic carbocycles. The maximum absolute atomic E-state index is 12.1. The quantitative estimate of drug-likeness (QED) is 0.654. The van der Waals surface area contributed by atoms with Gasteiger partial charge in [-0.2, -0.15) is 0 Å². The maximum Gasteiger partial charge on any atom is 0.192 e. The number of carbonyl (C=O) groups excluding carboxylic acids is 1. The van der Waals surface area contributed by atoms with Crippen LogP contribution in [0, 0.1) is 0 Å². The first-order valence-corrected chi connectivity index (χ1v) is 5.74. The number of Topliss-reactive ketones (excluding diaryl/α,β-unsaturated/α-hetero) is 1. The first-order chi connectivity index (χ1) is 8.68. The lowest BCUT2D eigenvalue weighted by Gasteiger charge is -2.03. The highest BCUT2D eigenvalue weighted by molar-refractivity contribution is 6.12. The number of allylic oxidation sites excluding steroid dienone is 1. The van der Waals surface area contributed by atoms with Gasteiger partial charge in [-0.3, -0.25) is 4.79 Å². The molecule has 90 valence electrons. The second-order valence-electron chi connectivity index (χ2n) is 4.08. The van der Waals surface area contributed by atoms with E-state index < -0.39 is 0 Å². The SMILES string of the molecule is CC(=Cc1ccccc1)C(=O)c1ccccc1O. The van der Waals surface area contributed by atoms with Crippen LogP contribution < -0.4 is 0 Å². The Morgan fingerprint density at radius 3 is 2.28 bits per heavy atom. The Labute approximate surface area is 106 Å². The van der Waals surface area contributed by atoms with Crippen molar-refractivity contribution >= 4 is 11.9 Å². The largest absolute Gasteiger partial charge is 0.507 e. The molecule has 0 saturated heterocycles. The Hall–Kier alpha value is -2.35. The third-order valence-electron chi connectivity index (χ3n) is 2.69. The normalized spacial score (nSPS) is 11.3. The predicted octanol–water partition coefficient (Wildman–Crippen LogP) is 3.68. The summed E-state index contributed by atoms with van der Waals surface area (Å²) in [4.78, 5) is 12.1. The monoisotopic (exact) mass is 238 g/mol. The average molecular weight is 238 g/mol. The van der Waals surface area contributed by atoms with Gasteiger partial charge in [0.15, 0.2) is 5.78 Å². The van der Waals surface area contributed by atoms with Gasteiger partial charge in [-0.15, -0.1) is 0 Å². The molecule has 0 amide bonds. The van der Waals surface area contributed by atoms with Crippen molar-refractivity contribution in [2.75, 3.05) is 0 Å². The minimum absolute atomic E-state index is 0.0170. The molecule has 2 aromatic rings. The first kappa shape index (κ1) is 12.1. The molecule has 0 heterocycles. The van der Waals surface area contributed by atoms with Crippen LogP contribution in [-0.2, 0) is 0 Å². The first-order valence-electron chi connectivity index (χ1n) is 5.74. The van der Waals surface area contributed by atoms with Crippen molar-refractivity contribution in [1.82, 2.24) is 0 Å². The number of rotatable bonds is 3. The molecule has 0 fully saturated rings. The summed E-state index contributed by atoms with van der Waals surface area (Å²) in [5, 5.41) is 9.65. The van der Waals surface area contributed by atoms with Crippen molar-refractivity contribution < 1.29 is 9.90 Å². The molecule has 0 unspecified atom stereocenters. The number of phenols is 1. The summed E-state index contributed by atoms with van der Waals surface area (Å²) >= 11 is 0. The van der Waals surface area contributed by atoms with Gasteiger partial charge in [-0.25, -0.2) is 0 Å². The number of para-hydroxylation sites is 1. The van der Waals surface area contributed by atoms with Crippen LogP contribution in [0.25, 0.3) is 6.08 Å². The number of hydrogen-bond donors (Lipinski definition) is 1. The standard InChI is InChI=1S/C16H14O2/c1-12(11-13-7-3-2-4-8-13)16(18)14-9-5-6-10-15(14)17/h2-11,17H,1H3. The van der Waals surface area contributed by atoms with Crippen molar-refractivity contribution in [2.24, 2.45) is 0 Å². The highest BCUT2D eigenvalue weighted by Gasteiger charge is 2.11. The number of ketones is 1. The average Bonchev–Trinajstić information content (AvgIpc) is 2.39. The van der Waals surface area contributed by atoms with Crippen LogP contribution in [-0.4, -0.2) is 10.9 Å². The van der Waals surface area contributed by atoms with Gasteiger partial charge in [-0.05, 0) is 36.3 Å². The molecular formula is C16H14O2. The van der Waals surface area contributed by atoms with E-state index in [0.717, 1.165) is 5.56 Å². The summed E-state index contributed by atoms with van der Waals surface area (Å²) < 4.78 is 0. The van der Waals surface area contributed by atoms with Crippen molar-refractivity contribution in [3.8, 4) is 5.75 Å². The van der Waals surface area contributed by atoms with Gasteiger partial charge in [0.05, 0.1) is 5.56 Å². The molecule has 0 spiro atoms. The summed E-state index contributed by atoms with van der Waals surface area (Å²) in [5.41, 5.74) is 1.91. The molecule has 0 aromatic heterocycles. The summed E-state index contributed by atoms with van der Waals surface area (Å²) in [6.07, 6.45) is 1.81. The van der Waals surface area contributed by atoms with Gasteiger partial charge < -0.3 is 5.11 Å². The zero-order valence-electron chi connectivity index (χ0n) is 10.1. The Bertz CT molecular complexity index is 583. The van der Waals surface area contributed by atoms with E-state index in [4.69, 9.17) is 0 Å². The molecule has 2 rings (SSSR count). The minimum Gasteiger partial charge on any atom is -0.507 e. The van der Waals surface area contributed by atoms with Gasteiger partial charge in [0, 0.05) is 0 Å². The van der Waals surface area contributed by atoms with E-state index in [0.29, 0.717) is 11.1 Å². The molecule has 2 nitrogen and oxygen atoms in total. The zero-order valence-corrected chi connectivity index (χ0v) is 10.1. The van der Waals surface area contributed by atoms with E-state index in [2.05, 4.69) is 0 Å². The topological polar surface area (TPSA) is 37.3 Å². The minimum atomic E-state index is -0.156. The Balaban J connectivity index is 2.30. The van der Waals surface area contributed by atoms with Crippen LogP contribution in [0.3, 0.4) is 0 Å². The molecule has 2 heteroatoms. The van der Waals surface area contributed by atoms with E-state index in [1.54, 1.807) is 25.1 Å². The summed E-state index contributed by atoms with van der Waals surface area (Å²) in [5.74, 6) is -0.139. The van der Waals surface area contributed by atoms with E-state index in [1.807, 2.05) is 36.4 Å². The number of phenolic OH excluding ortho intramolecular Hbond substituents is 1. The Morgan fingerprint density at radius 2 is 1.61 bits per heavy atom. The van der Waals surface area contributed by atoms with Crippen LogP contribution in [0.5, 0.6) is 5.75 Å². The number of aromatic hydroxyl groups is 1. The van der Waals surface area contributed by atoms with Gasteiger partial charge >= 0.3 is 0 Å². The predicted molar refractivity (Wildman–Crippen MR) is 72.5 cm³/mol. The molecule has 0 atom stereocenters. The van der Waals surface area contributed by atoms with Gasteiger partial charge in [0.1, 0.15) is 5.75 Å². The highest BCUT2D eigenvalue weighted by Crippen LogP contribution is 2.20. The molecule has 0 bridgehead atoms. The van der Waals surface area contributed by atoms with E-state index in [-0.39, 0.29) is 11.5 Å². The lowest BCUT2D eigenvalue weighted by molar-refractivity contribution is 0.103. The summed E-state index contributed by atoms with van der Waals surface area (Å²) in [7, 11) is 0. The second-order valence-corrected chi connectivity index (χ2v) is 4.08. The summed E-state index contributed by atoms with van der Waals surface area (Å²) in [6, 6.07) is 16.2. The molecule has 0 aliphatic rings. The molecule has 18 heavy (non-hydrogen) atoms. The Morgan fingerprint density at radius 1 is 1.00 bits per heavy atom. The molecule has 0 saturated carbocycles. The fourth-order valence-corrected chi connectivity index (χ4v) is 1.74. The van der Waals surface area contributed by atoms with Crippen LogP contribution in [0.15, 0.2) is 60.2 Å². The van der Waals surface area contributed by atoms with Crippen LogP contribution in [0.1, 0.15) is 22.8 Å². The van der Waals surface area contributed by atoms with Crippen LogP contribution in [0.2, 0.25) is 0 Å². The zero-order chi connectivity index (χ0) is 13.0. The number of carbonyl (C=O) groups is 1. The molecule has 0 radical (unpaired) electrons. The fraction of sp³-hybridized carbons (Fsp3) is 0.0625. The molecule has 2 aromatic carbocycles. The van der Waals surface area contributed by atoms with Crippen molar-refractivity contribution in [3.05, 3.63) is 71.3 Å². The molecular weight excluding hydrogens is 224 g/mol. The Kier molecular flexibility index (Phi) is 3.58. The van der Waals surface area contributed by atoms with Crippen molar-refractivity contribution in [1.29, 1.82) is 0 Å². The van der Waals surface area contributed by atoms with E-state index in [1.165, 1.54) is 6.07 Å². The third-order valence-corrected chi connectivity index (χ3v) is 2.69.